The Labute approximate surface area is 123 Å². The molecule has 20 heavy (non-hydrogen) atoms. The highest BCUT2D eigenvalue weighted by Crippen LogP contribution is 2.23. The fraction of sp³-hybridized carbons (Fsp3) is 0.938. The summed E-state index contributed by atoms with van der Waals surface area (Å²) >= 11 is 0. The van der Waals surface area contributed by atoms with Crippen LogP contribution in [0.4, 0.5) is 0 Å². The predicted molar refractivity (Wildman–Crippen MR) is 81.0 cm³/mol. The van der Waals surface area contributed by atoms with Crippen LogP contribution in [0.3, 0.4) is 0 Å². The second-order valence-electron chi connectivity index (χ2n) is 6.20. The van der Waals surface area contributed by atoms with Gasteiger partial charge in [0.1, 0.15) is 5.54 Å². The van der Waals surface area contributed by atoms with Crippen molar-refractivity contribution in [2.75, 3.05) is 19.8 Å². The first-order valence-corrected chi connectivity index (χ1v) is 8.14. The largest absolute Gasteiger partial charge is 0.480 e. The number of carboxylic acids is 1. The number of nitrogens with one attached hydrogen (secondary N) is 1. The number of carboxylic acid groups (broad SMARTS) is 1. The van der Waals surface area contributed by atoms with Crippen molar-refractivity contribution in [1.82, 2.24) is 5.32 Å². The molecule has 1 rings (SSSR count). The molecule has 0 spiro atoms. The molecule has 1 aliphatic rings. The fourth-order valence-electron chi connectivity index (χ4n) is 2.95. The summed E-state index contributed by atoms with van der Waals surface area (Å²) in [6, 6.07) is 0. The number of ether oxygens (including phenoxy) is 1. The van der Waals surface area contributed by atoms with Gasteiger partial charge < -0.3 is 15.2 Å². The Morgan fingerprint density at radius 3 is 2.60 bits per heavy atom. The zero-order valence-corrected chi connectivity index (χ0v) is 13.1. The molecule has 1 aliphatic carbocycles. The van der Waals surface area contributed by atoms with E-state index in [1.54, 1.807) is 6.92 Å². The SMILES string of the molecule is CCNC(C)(CCCCOCC1CCCCC1)C(=O)O. The van der Waals surface area contributed by atoms with Gasteiger partial charge in [-0.2, -0.15) is 0 Å². The molecule has 0 aliphatic heterocycles. The van der Waals surface area contributed by atoms with Gasteiger partial charge in [0.2, 0.25) is 0 Å². The first-order chi connectivity index (χ1) is 9.58. The highest BCUT2D eigenvalue weighted by atomic mass is 16.5. The summed E-state index contributed by atoms with van der Waals surface area (Å²) in [4.78, 5) is 11.2. The molecule has 118 valence electrons. The van der Waals surface area contributed by atoms with E-state index < -0.39 is 11.5 Å². The smallest absolute Gasteiger partial charge is 0.323 e. The molecule has 1 saturated carbocycles. The molecule has 0 amide bonds. The molecule has 4 heteroatoms. The van der Waals surface area contributed by atoms with Gasteiger partial charge in [0.05, 0.1) is 0 Å². The van der Waals surface area contributed by atoms with Crippen LogP contribution < -0.4 is 5.32 Å². The molecule has 2 N–H and O–H groups in total. The van der Waals surface area contributed by atoms with Gasteiger partial charge in [0.25, 0.3) is 0 Å². The van der Waals surface area contributed by atoms with Gasteiger partial charge in [-0.3, -0.25) is 4.79 Å². The van der Waals surface area contributed by atoms with Gasteiger partial charge >= 0.3 is 5.97 Å². The molecule has 0 aromatic rings. The van der Waals surface area contributed by atoms with E-state index in [9.17, 15) is 9.90 Å². The van der Waals surface area contributed by atoms with Crippen molar-refractivity contribution in [3.63, 3.8) is 0 Å². The van der Waals surface area contributed by atoms with E-state index in [1.165, 1.54) is 32.1 Å². The minimum Gasteiger partial charge on any atom is -0.480 e. The lowest BCUT2D eigenvalue weighted by Gasteiger charge is -2.25. The number of rotatable bonds is 10. The maximum absolute atomic E-state index is 11.2. The van der Waals surface area contributed by atoms with Crippen LogP contribution in [0.1, 0.15) is 65.2 Å². The third kappa shape index (κ3) is 6.23. The van der Waals surface area contributed by atoms with Crippen LogP contribution >= 0.6 is 0 Å². The van der Waals surface area contributed by atoms with E-state index in [2.05, 4.69) is 5.32 Å². The molecular weight excluding hydrogens is 254 g/mol. The van der Waals surface area contributed by atoms with Crippen LogP contribution in [0.5, 0.6) is 0 Å². The third-order valence-electron chi connectivity index (χ3n) is 4.33. The lowest BCUT2D eigenvalue weighted by Crippen LogP contribution is -2.49. The summed E-state index contributed by atoms with van der Waals surface area (Å²) in [5.41, 5.74) is -0.794. The van der Waals surface area contributed by atoms with E-state index in [0.29, 0.717) is 13.0 Å². The van der Waals surface area contributed by atoms with Crippen molar-refractivity contribution in [2.24, 2.45) is 5.92 Å². The number of aliphatic carboxylic acids is 1. The number of hydrogen-bond acceptors (Lipinski definition) is 3. The molecule has 1 atom stereocenters. The van der Waals surface area contributed by atoms with Crippen LogP contribution in [0, 0.1) is 5.92 Å². The Bertz CT molecular complexity index is 277. The van der Waals surface area contributed by atoms with E-state index in [-0.39, 0.29) is 0 Å². The van der Waals surface area contributed by atoms with Crippen LogP contribution in [0.2, 0.25) is 0 Å². The van der Waals surface area contributed by atoms with E-state index in [0.717, 1.165) is 32.0 Å². The lowest BCUT2D eigenvalue weighted by atomic mass is 9.90. The Hall–Kier alpha value is -0.610. The average molecular weight is 285 g/mol. The maximum Gasteiger partial charge on any atom is 0.323 e. The minimum atomic E-state index is -0.794. The second-order valence-corrected chi connectivity index (χ2v) is 6.20. The molecule has 0 heterocycles. The van der Waals surface area contributed by atoms with Crippen molar-refractivity contribution in [1.29, 1.82) is 0 Å². The third-order valence-corrected chi connectivity index (χ3v) is 4.33. The summed E-state index contributed by atoms with van der Waals surface area (Å²) < 4.78 is 5.74. The van der Waals surface area contributed by atoms with Gasteiger partial charge in [0, 0.05) is 13.2 Å². The van der Waals surface area contributed by atoms with Crippen molar-refractivity contribution in [3.05, 3.63) is 0 Å². The molecule has 0 aromatic heterocycles. The minimum absolute atomic E-state index is 0.656. The van der Waals surface area contributed by atoms with Crippen LogP contribution in [0.25, 0.3) is 0 Å². The first-order valence-electron chi connectivity index (χ1n) is 8.14. The van der Waals surface area contributed by atoms with E-state index in [4.69, 9.17) is 4.74 Å². The highest BCUT2D eigenvalue weighted by molar-refractivity contribution is 5.78. The van der Waals surface area contributed by atoms with Crippen LogP contribution in [-0.4, -0.2) is 36.4 Å². The quantitative estimate of drug-likeness (QED) is 0.605. The Morgan fingerprint density at radius 1 is 1.30 bits per heavy atom. The van der Waals surface area contributed by atoms with E-state index >= 15 is 0 Å². The summed E-state index contributed by atoms with van der Waals surface area (Å²) in [7, 11) is 0. The summed E-state index contributed by atoms with van der Waals surface area (Å²) in [5.74, 6) is -0.00253. The topological polar surface area (TPSA) is 58.6 Å². The molecule has 0 bridgehead atoms. The molecule has 0 saturated heterocycles. The predicted octanol–water partition coefficient (Wildman–Crippen LogP) is 3.21. The molecule has 4 nitrogen and oxygen atoms in total. The van der Waals surface area contributed by atoms with Gasteiger partial charge in [-0.25, -0.2) is 0 Å². The van der Waals surface area contributed by atoms with Crippen molar-refractivity contribution in [3.8, 4) is 0 Å². The standard InChI is InChI=1S/C16H31NO3/c1-3-17-16(2,15(18)19)11-7-8-12-20-13-14-9-5-4-6-10-14/h14,17H,3-13H2,1-2H3,(H,18,19). The van der Waals surface area contributed by atoms with Crippen LogP contribution in [0.15, 0.2) is 0 Å². The second kappa shape index (κ2) is 9.35. The monoisotopic (exact) mass is 285 g/mol. The number of likely N-dealkylation sites (N-methyl/N-ethyl adjacent to an activating group) is 1. The summed E-state index contributed by atoms with van der Waals surface area (Å²) in [6.07, 6.45) is 9.22. The Kier molecular flexibility index (Phi) is 8.15. The van der Waals surface area contributed by atoms with Gasteiger partial charge in [0.15, 0.2) is 0 Å². The van der Waals surface area contributed by atoms with Crippen molar-refractivity contribution < 1.29 is 14.6 Å². The van der Waals surface area contributed by atoms with Crippen LogP contribution in [-0.2, 0) is 9.53 Å². The van der Waals surface area contributed by atoms with E-state index in [1.807, 2.05) is 6.92 Å². The number of unbranched alkanes of at least 4 members (excludes halogenated alkanes) is 1. The van der Waals surface area contributed by atoms with Gasteiger partial charge in [-0.15, -0.1) is 0 Å². The Balaban J connectivity index is 2.06. The Morgan fingerprint density at radius 2 is 2.00 bits per heavy atom. The number of hydrogen-bond donors (Lipinski definition) is 2. The zero-order chi connectivity index (χ0) is 14.8. The first kappa shape index (κ1) is 17.4. The van der Waals surface area contributed by atoms with Gasteiger partial charge in [-0.05, 0) is 51.5 Å². The zero-order valence-electron chi connectivity index (χ0n) is 13.1. The average Bonchev–Trinajstić information content (AvgIpc) is 2.44. The summed E-state index contributed by atoms with van der Waals surface area (Å²) in [6.45, 7) is 6.04. The highest BCUT2D eigenvalue weighted by Gasteiger charge is 2.30. The van der Waals surface area contributed by atoms with Crippen molar-refractivity contribution >= 4 is 5.97 Å². The lowest BCUT2D eigenvalue weighted by molar-refractivity contribution is -0.144. The molecule has 0 radical (unpaired) electrons. The molecule has 0 aromatic carbocycles. The fourth-order valence-corrected chi connectivity index (χ4v) is 2.95. The number of carbonyl (C=O) groups is 1. The molecular formula is C16H31NO3. The molecule has 1 unspecified atom stereocenters. The summed E-state index contributed by atoms with van der Waals surface area (Å²) in [5, 5.41) is 12.3. The van der Waals surface area contributed by atoms with Crippen molar-refractivity contribution in [2.45, 2.75) is 70.8 Å². The van der Waals surface area contributed by atoms with Gasteiger partial charge in [-0.1, -0.05) is 26.2 Å². The molecule has 1 fully saturated rings. The maximum atomic E-state index is 11.2. The normalized spacial score (nSPS) is 19.7.